The van der Waals surface area contributed by atoms with Crippen LogP contribution in [0.15, 0.2) is 18.2 Å². The van der Waals surface area contributed by atoms with E-state index in [1.807, 2.05) is 20.8 Å². The Hall–Kier alpha value is -2.42. The monoisotopic (exact) mass is 452 g/mol. The molecule has 0 bridgehead atoms. The summed E-state index contributed by atoms with van der Waals surface area (Å²) >= 11 is 0. The number of nitrogens with zero attached hydrogens (tertiary/aromatic N) is 1. The molecule has 2 amide bonds. The Morgan fingerprint density at radius 2 is 1.97 bits per heavy atom. The molecule has 1 N–H and O–H groups in total. The highest BCUT2D eigenvalue weighted by Crippen LogP contribution is 2.25. The number of ketones is 1. The first-order chi connectivity index (χ1) is 14.5. The molecule has 1 aliphatic rings. The average molecular weight is 453 g/mol. The fourth-order valence-corrected chi connectivity index (χ4v) is 5.28. The van der Waals surface area contributed by atoms with Crippen molar-refractivity contribution in [3.8, 4) is 5.75 Å². The van der Waals surface area contributed by atoms with E-state index in [4.69, 9.17) is 4.74 Å². The molecular weight excluding hydrogens is 420 g/mol. The van der Waals surface area contributed by atoms with Gasteiger partial charge in [0, 0.05) is 24.7 Å². The number of rotatable bonds is 10. The number of Topliss-reactive ketones (excluding diaryl/α,β-unsaturated/α-hetero) is 1. The van der Waals surface area contributed by atoms with E-state index >= 15 is 0 Å². The lowest BCUT2D eigenvalue weighted by Gasteiger charge is -2.30. The molecule has 31 heavy (non-hydrogen) atoms. The van der Waals surface area contributed by atoms with E-state index < -0.39 is 9.84 Å². The second kappa shape index (κ2) is 10.7. The van der Waals surface area contributed by atoms with Gasteiger partial charge in [-0.1, -0.05) is 20.8 Å². The van der Waals surface area contributed by atoms with Crippen molar-refractivity contribution in [2.45, 2.75) is 53.0 Å². The number of hydrogen-bond donors (Lipinski definition) is 1. The van der Waals surface area contributed by atoms with Gasteiger partial charge in [-0.15, -0.1) is 0 Å². The number of amides is 2. The number of hydrogen-bond acceptors (Lipinski definition) is 6. The van der Waals surface area contributed by atoms with Crippen LogP contribution in [0.5, 0.6) is 5.75 Å². The summed E-state index contributed by atoms with van der Waals surface area (Å²) in [4.78, 5) is 38.4. The third kappa shape index (κ3) is 7.34. The summed E-state index contributed by atoms with van der Waals surface area (Å²) in [6, 6.07) is 4.35. The number of nitrogens with one attached hydrogen (secondary N) is 1. The fourth-order valence-electron chi connectivity index (χ4n) is 3.55. The first kappa shape index (κ1) is 24.8. The molecule has 0 aliphatic carbocycles. The van der Waals surface area contributed by atoms with Crippen molar-refractivity contribution in [1.82, 2.24) is 4.90 Å². The summed E-state index contributed by atoms with van der Waals surface area (Å²) in [5.41, 5.74) is 0.751. The lowest BCUT2D eigenvalue weighted by Crippen LogP contribution is -2.45. The van der Waals surface area contributed by atoms with Gasteiger partial charge in [-0.2, -0.15) is 0 Å². The van der Waals surface area contributed by atoms with Crippen molar-refractivity contribution >= 4 is 33.1 Å². The first-order valence-corrected chi connectivity index (χ1v) is 12.4. The second-order valence-corrected chi connectivity index (χ2v) is 10.6. The van der Waals surface area contributed by atoms with Gasteiger partial charge in [0.05, 0.1) is 17.1 Å². The molecular formula is C22H32N2O6S. The molecule has 1 atom stereocenters. The SMILES string of the molecule is CCCC(=O)Nc1ccc(OCC(=O)N(CC(C)C)C2CCS(=O)(=O)C2)c(C(C)=O)c1. The van der Waals surface area contributed by atoms with Gasteiger partial charge in [0.25, 0.3) is 5.91 Å². The van der Waals surface area contributed by atoms with E-state index in [2.05, 4.69) is 5.32 Å². The molecule has 1 saturated heterocycles. The predicted molar refractivity (Wildman–Crippen MR) is 119 cm³/mol. The second-order valence-electron chi connectivity index (χ2n) is 8.35. The molecule has 1 aromatic carbocycles. The average Bonchev–Trinajstić information content (AvgIpc) is 3.04. The van der Waals surface area contributed by atoms with Crippen LogP contribution in [-0.2, 0) is 19.4 Å². The summed E-state index contributed by atoms with van der Waals surface area (Å²) < 4.78 is 29.4. The Morgan fingerprint density at radius 3 is 2.52 bits per heavy atom. The third-order valence-electron chi connectivity index (χ3n) is 5.00. The topological polar surface area (TPSA) is 110 Å². The first-order valence-electron chi connectivity index (χ1n) is 10.6. The lowest BCUT2D eigenvalue weighted by molar-refractivity contribution is -0.135. The van der Waals surface area contributed by atoms with Gasteiger partial charge in [-0.3, -0.25) is 14.4 Å². The van der Waals surface area contributed by atoms with Gasteiger partial charge in [0.2, 0.25) is 5.91 Å². The van der Waals surface area contributed by atoms with Gasteiger partial charge >= 0.3 is 0 Å². The van der Waals surface area contributed by atoms with Crippen molar-refractivity contribution in [2.75, 3.05) is 30.0 Å². The standard InChI is InChI=1S/C22H32N2O6S/c1-5-6-21(26)23-17-7-8-20(19(11-17)16(4)25)30-13-22(27)24(12-15(2)3)18-9-10-31(28,29)14-18/h7-8,11,15,18H,5-6,9-10,12-14H2,1-4H3,(H,23,26). The van der Waals surface area contributed by atoms with Crippen LogP contribution in [0, 0.1) is 5.92 Å². The van der Waals surface area contributed by atoms with E-state index in [9.17, 15) is 22.8 Å². The summed E-state index contributed by atoms with van der Waals surface area (Å²) in [6.07, 6.45) is 1.51. The maximum Gasteiger partial charge on any atom is 0.260 e. The number of ether oxygens (including phenoxy) is 1. The van der Waals surface area contributed by atoms with Gasteiger partial charge in [0.1, 0.15) is 5.75 Å². The highest BCUT2D eigenvalue weighted by molar-refractivity contribution is 7.91. The quantitative estimate of drug-likeness (QED) is 0.547. The van der Waals surface area contributed by atoms with E-state index in [0.29, 0.717) is 31.5 Å². The van der Waals surface area contributed by atoms with Gasteiger partial charge in [-0.25, -0.2) is 8.42 Å². The highest BCUT2D eigenvalue weighted by Gasteiger charge is 2.35. The molecule has 2 rings (SSSR count). The van der Waals surface area contributed by atoms with Crippen molar-refractivity contribution < 1.29 is 27.5 Å². The van der Waals surface area contributed by atoms with Crippen LogP contribution in [0.2, 0.25) is 0 Å². The molecule has 1 aromatic rings. The van der Waals surface area contributed by atoms with Crippen LogP contribution in [0.1, 0.15) is 57.3 Å². The van der Waals surface area contributed by atoms with E-state index in [-0.39, 0.29) is 59.0 Å². The molecule has 1 fully saturated rings. The Morgan fingerprint density at radius 1 is 1.26 bits per heavy atom. The van der Waals surface area contributed by atoms with Crippen molar-refractivity contribution in [2.24, 2.45) is 5.92 Å². The summed E-state index contributed by atoms with van der Waals surface area (Å²) in [7, 11) is -3.13. The molecule has 0 spiro atoms. The number of sulfone groups is 1. The smallest absolute Gasteiger partial charge is 0.260 e. The zero-order chi connectivity index (χ0) is 23.2. The largest absolute Gasteiger partial charge is 0.483 e. The summed E-state index contributed by atoms with van der Waals surface area (Å²) in [5.74, 6) is -0.239. The minimum atomic E-state index is -3.13. The van der Waals surface area contributed by atoms with Gasteiger partial charge < -0.3 is 15.0 Å². The zero-order valence-electron chi connectivity index (χ0n) is 18.6. The number of benzene rings is 1. The predicted octanol–water partition coefficient (Wildman–Crippen LogP) is 2.68. The third-order valence-corrected chi connectivity index (χ3v) is 6.75. The van der Waals surface area contributed by atoms with E-state index in [0.717, 1.165) is 0 Å². The molecule has 1 unspecified atom stereocenters. The van der Waals surface area contributed by atoms with Crippen LogP contribution in [0.25, 0.3) is 0 Å². The van der Waals surface area contributed by atoms with Crippen LogP contribution in [-0.4, -0.2) is 61.6 Å². The number of anilines is 1. The van der Waals surface area contributed by atoms with Crippen LogP contribution in [0.3, 0.4) is 0 Å². The molecule has 172 valence electrons. The molecule has 9 heteroatoms. The summed E-state index contributed by atoms with van der Waals surface area (Å²) in [5, 5.41) is 2.74. The minimum Gasteiger partial charge on any atom is -0.483 e. The normalized spacial score (nSPS) is 17.4. The van der Waals surface area contributed by atoms with Crippen molar-refractivity contribution in [3.63, 3.8) is 0 Å². The number of carbonyl (C=O) groups excluding carboxylic acids is 3. The lowest BCUT2D eigenvalue weighted by atomic mass is 10.1. The van der Waals surface area contributed by atoms with Crippen molar-refractivity contribution in [1.29, 1.82) is 0 Å². The Balaban J connectivity index is 2.12. The van der Waals surface area contributed by atoms with Gasteiger partial charge in [-0.05, 0) is 43.9 Å². The fraction of sp³-hybridized carbons (Fsp3) is 0.591. The molecule has 0 aromatic heterocycles. The zero-order valence-corrected chi connectivity index (χ0v) is 19.5. The van der Waals surface area contributed by atoms with E-state index in [1.165, 1.54) is 13.0 Å². The maximum atomic E-state index is 12.9. The molecule has 1 heterocycles. The van der Waals surface area contributed by atoms with Crippen LogP contribution >= 0.6 is 0 Å². The molecule has 0 saturated carbocycles. The Bertz CT molecular complexity index is 926. The molecule has 8 nitrogen and oxygen atoms in total. The minimum absolute atomic E-state index is 0.0314. The van der Waals surface area contributed by atoms with E-state index in [1.54, 1.807) is 17.0 Å². The van der Waals surface area contributed by atoms with Crippen molar-refractivity contribution in [3.05, 3.63) is 23.8 Å². The Kier molecular flexibility index (Phi) is 8.61. The Labute approximate surface area is 184 Å². The number of carbonyl (C=O) groups is 3. The molecule has 0 radical (unpaired) electrons. The van der Waals surface area contributed by atoms with Gasteiger partial charge in [0.15, 0.2) is 22.2 Å². The highest BCUT2D eigenvalue weighted by atomic mass is 32.2. The van der Waals surface area contributed by atoms with Crippen LogP contribution < -0.4 is 10.1 Å². The molecule has 1 aliphatic heterocycles. The maximum absolute atomic E-state index is 12.9. The summed E-state index contributed by atoms with van der Waals surface area (Å²) in [6.45, 7) is 7.34. The van der Waals surface area contributed by atoms with Crippen LogP contribution in [0.4, 0.5) is 5.69 Å².